The van der Waals surface area contributed by atoms with Crippen LogP contribution in [0, 0.1) is 0 Å². The van der Waals surface area contributed by atoms with Gasteiger partial charge in [-0.3, -0.25) is 4.79 Å². The van der Waals surface area contributed by atoms with Gasteiger partial charge in [0.2, 0.25) is 5.24 Å². The number of carbonyl (C=O) groups excluding carboxylic acids is 1. The Balaban J connectivity index is 0. The molecule has 0 saturated carbocycles. The maximum Gasteiger partial charge on any atom is 0.316 e. The van der Waals surface area contributed by atoms with Crippen molar-refractivity contribution >= 4 is 39.9 Å². The highest BCUT2D eigenvalue weighted by Crippen LogP contribution is 1.67. The molecule has 0 aromatic heterocycles. The molecular weight excluding hydrogens is 99.8 g/mol. The number of hydrogen-bond acceptors (Lipinski definition) is 1. The van der Waals surface area contributed by atoms with Crippen LogP contribution in [0.25, 0.3) is 0 Å². The summed E-state index contributed by atoms with van der Waals surface area (Å²) in [5, 5.41) is -0.361. The minimum absolute atomic E-state index is 0. The van der Waals surface area contributed by atoms with Gasteiger partial charge in [0.05, 0.1) is 0 Å². The first-order valence-corrected chi connectivity index (χ1v) is 1.27. The second-order valence-electron chi connectivity index (χ2n) is 0.470. The van der Waals surface area contributed by atoms with Gasteiger partial charge in [-0.15, -0.1) is 0 Å². The molecule has 0 aliphatic heterocycles. The van der Waals surface area contributed by atoms with E-state index in [-0.39, 0.29) is 28.3 Å². The maximum absolute atomic E-state index is 9.21. The van der Waals surface area contributed by atoms with Crippen LogP contribution in [0.15, 0.2) is 0 Å². The first kappa shape index (κ1) is 9.21. The summed E-state index contributed by atoms with van der Waals surface area (Å²) in [4.78, 5) is 9.21. The quantitative estimate of drug-likeness (QED) is 0.309. The Morgan fingerprint density at radius 1 is 1.80 bits per heavy atom. The van der Waals surface area contributed by atoms with Crippen molar-refractivity contribution in [3.05, 3.63) is 0 Å². The lowest BCUT2D eigenvalue weighted by atomic mass is 10.9. The molecule has 0 radical (unpaired) electrons. The van der Waals surface area contributed by atoms with E-state index in [2.05, 4.69) is 11.6 Å². The molecule has 0 unspecified atom stereocenters. The Labute approximate surface area is 51.8 Å². The Morgan fingerprint density at radius 3 is 1.80 bits per heavy atom. The molecule has 3 heteroatoms. The van der Waals surface area contributed by atoms with E-state index < -0.39 is 0 Å². The Kier molecular flexibility index (Phi) is 8.71. The molecule has 0 aromatic rings. The van der Waals surface area contributed by atoms with Crippen molar-refractivity contribution in [3.8, 4) is 0 Å². The molecule has 0 aliphatic rings. The fourth-order valence-corrected chi connectivity index (χ4v) is 0. The van der Waals surface area contributed by atoms with Gasteiger partial charge in [-0.2, -0.15) is 0 Å². The lowest BCUT2D eigenvalue weighted by Crippen LogP contribution is -1.62. The van der Waals surface area contributed by atoms with Crippen molar-refractivity contribution in [2.75, 3.05) is 0 Å². The van der Waals surface area contributed by atoms with E-state index >= 15 is 0 Å². The first-order chi connectivity index (χ1) is 1.73. The predicted molar refractivity (Wildman–Crippen MR) is 25.1 cm³/mol. The van der Waals surface area contributed by atoms with Crippen LogP contribution in [-0.2, 0) is 4.79 Å². The van der Waals surface area contributed by atoms with Crippen LogP contribution < -0.4 is 0 Å². The number of carbonyl (C=O) groups is 1. The highest BCUT2D eigenvalue weighted by atomic mass is 35.5. The third-order valence-corrected chi connectivity index (χ3v) is 0. The molecule has 0 N–H and O–H groups in total. The average molecular weight is 105 g/mol. The topological polar surface area (TPSA) is 17.1 Å². The normalized spacial score (nSPS) is 5.20. The summed E-state index contributed by atoms with van der Waals surface area (Å²) in [7, 11) is 0. The van der Waals surface area contributed by atoms with E-state index in [0.29, 0.717) is 0 Å². The van der Waals surface area contributed by atoms with Crippen LogP contribution in [-0.4, -0.2) is 28.3 Å². The number of rotatable bonds is 0. The summed E-state index contributed by atoms with van der Waals surface area (Å²) < 4.78 is 0. The van der Waals surface area contributed by atoms with E-state index in [1.807, 2.05) is 0 Å². The van der Waals surface area contributed by atoms with Crippen molar-refractivity contribution in [1.29, 1.82) is 0 Å². The molecule has 28 valence electrons. The summed E-state index contributed by atoms with van der Waals surface area (Å²) in [6.45, 7) is 1.29. The predicted octanol–water partition coefficient (Wildman–Crippen LogP) is -0.145. The monoisotopic (exact) mass is 104 g/mol. The van der Waals surface area contributed by atoms with Crippen LogP contribution in [0.3, 0.4) is 0 Å². The van der Waals surface area contributed by atoms with Gasteiger partial charge < -0.3 is 0 Å². The standard InChI is InChI=1S/C2H3ClO.Mg.2H/c1-2(3)4;;;/h1H3;;;. The van der Waals surface area contributed by atoms with E-state index in [1.54, 1.807) is 0 Å². The number of halogens is 1. The van der Waals surface area contributed by atoms with Crippen molar-refractivity contribution in [3.63, 3.8) is 0 Å². The zero-order chi connectivity index (χ0) is 3.58. The number of hydrogen-bond donors (Lipinski definition) is 0. The van der Waals surface area contributed by atoms with Crippen molar-refractivity contribution < 1.29 is 4.79 Å². The Morgan fingerprint density at radius 2 is 1.80 bits per heavy atom. The van der Waals surface area contributed by atoms with Gasteiger partial charge in [0.25, 0.3) is 0 Å². The molecule has 0 aromatic carbocycles. The minimum atomic E-state index is -0.361. The van der Waals surface area contributed by atoms with E-state index in [0.717, 1.165) is 0 Å². The highest BCUT2D eigenvalue weighted by Gasteiger charge is 1.67. The summed E-state index contributed by atoms with van der Waals surface area (Å²) in [5.41, 5.74) is 0. The van der Waals surface area contributed by atoms with Gasteiger partial charge in [-0.1, -0.05) is 0 Å². The molecule has 0 spiro atoms. The zero-order valence-electron chi connectivity index (χ0n) is 2.29. The second-order valence-corrected chi connectivity index (χ2v) is 1.00. The second kappa shape index (κ2) is 4.73. The Hall–Kier alpha value is 0.726. The molecule has 0 bridgehead atoms. The third kappa shape index (κ3) is 66.6. The third-order valence-electron chi connectivity index (χ3n) is 0. The van der Waals surface area contributed by atoms with Gasteiger partial charge in [0.15, 0.2) is 0 Å². The van der Waals surface area contributed by atoms with Crippen LogP contribution >= 0.6 is 11.6 Å². The van der Waals surface area contributed by atoms with Crippen molar-refractivity contribution in [2.24, 2.45) is 0 Å². The lowest BCUT2D eigenvalue weighted by molar-refractivity contribution is -0.109. The first-order valence-electron chi connectivity index (χ1n) is 0.893. The molecule has 0 amide bonds. The lowest BCUT2D eigenvalue weighted by Gasteiger charge is -1.52. The molecule has 0 fully saturated rings. The van der Waals surface area contributed by atoms with Gasteiger partial charge in [-0.05, 0) is 11.6 Å². The molecule has 5 heavy (non-hydrogen) atoms. The molecule has 0 saturated heterocycles. The fourth-order valence-electron chi connectivity index (χ4n) is 0. The van der Waals surface area contributed by atoms with Gasteiger partial charge in [-0.25, -0.2) is 0 Å². The fraction of sp³-hybridized carbons (Fsp3) is 0.500. The summed E-state index contributed by atoms with van der Waals surface area (Å²) in [6, 6.07) is 0. The van der Waals surface area contributed by atoms with Crippen LogP contribution in [0.5, 0.6) is 0 Å². The van der Waals surface area contributed by atoms with Crippen LogP contribution in [0.4, 0.5) is 0 Å². The summed E-state index contributed by atoms with van der Waals surface area (Å²) >= 11 is 4.64. The molecular formula is C2H5ClMgO. The summed E-state index contributed by atoms with van der Waals surface area (Å²) in [6.07, 6.45) is 0. The highest BCUT2D eigenvalue weighted by molar-refractivity contribution is 6.62. The molecule has 0 rings (SSSR count). The molecule has 0 atom stereocenters. The zero-order valence-corrected chi connectivity index (χ0v) is 3.04. The maximum atomic E-state index is 9.21. The van der Waals surface area contributed by atoms with Crippen LogP contribution in [0.2, 0.25) is 0 Å². The molecule has 0 aliphatic carbocycles. The van der Waals surface area contributed by atoms with Crippen LogP contribution in [0.1, 0.15) is 6.92 Å². The van der Waals surface area contributed by atoms with Gasteiger partial charge in [0, 0.05) is 6.92 Å². The molecule has 0 heterocycles. The van der Waals surface area contributed by atoms with Crippen molar-refractivity contribution in [2.45, 2.75) is 6.92 Å². The largest absolute Gasteiger partial charge is 0.316 e. The summed E-state index contributed by atoms with van der Waals surface area (Å²) in [5.74, 6) is 0. The van der Waals surface area contributed by atoms with E-state index in [9.17, 15) is 4.79 Å². The van der Waals surface area contributed by atoms with E-state index in [1.165, 1.54) is 6.92 Å². The smallest absolute Gasteiger partial charge is 0.282 e. The molecule has 1 nitrogen and oxygen atoms in total. The van der Waals surface area contributed by atoms with E-state index in [4.69, 9.17) is 0 Å². The average Bonchev–Trinajstić information content (AvgIpc) is 0.811. The van der Waals surface area contributed by atoms with Gasteiger partial charge >= 0.3 is 23.1 Å². The van der Waals surface area contributed by atoms with Gasteiger partial charge in [0.1, 0.15) is 0 Å². The SMILES string of the molecule is CC(=O)Cl.[MgH2]. The van der Waals surface area contributed by atoms with Crippen molar-refractivity contribution in [1.82, 2.24) is 0 Å². The Bertz CT molecular complexity index is 32.6. The minimum Gasteiger partial charge on any atom is -0.282 e.